The molecule has 0 radical (unpaired) electrons. The van der Waals surface area contributed by atoms with Gasteiger partial charge in [-0.1, -0.05) is 54.8 Å². The van der Waals surface area contributed by atoms with E-state index in [0.717, 1.165) is 30.3 Å². The Kier molecular flexibility index (Phi) is 5.09. The summed E-state index contributed by atoms with van der Waals surface area (Å²) in [4.78, 5) is 7.00. The first-order valence-corrected chi connectivity index (χ1v) is 9.70. The maximum Gasteiger partial charge on any atom is 0.0737 e. The summed E-state index contributed by atoms with van der Waals surface area (Å²) < 4.78 is 0. The van der Waals surface area contributed by atoms with Gasteiger partial charge >= 0.3 is 0 Å². The molecule has 0 spiro atoms. The van der Waals surface area contributed by atoms with Gasteiger partial charge in [-0.05, 0) is 42.7 Å². The summed E-state index contributed by atoms with van der Waals surface area (Å²) in [5.74, 6) is 0. The van der Waals surface area contributed by atoms with Crippen molar-refractivity contribution in [2.24, 2.45) is 5.73 Å². The largest absolute Gasteiger partial charge is 0.362 e. The van der Waals surface area contributed by atoms with Crippen LogP contribution >= 0.6 is 11.6 Å². The van der Waals surface area contributed by atoms with Crippen LogP contribution in [0.3, 0.4) is 0 Å². The van der Waals surface area contributed by atoms with Crippen LogP contribution < -0.4 is 10.6 Å². The number of rotatable bonds is 4. The molecule has 0 bridgehead atoms. The molecule has 0 unspecified atom stereocenters. The summed E-state index contributed by atoms with van der Waals surface area (Å²) in [6, 6.07) is 19.2. The number of fused-ring (bicyclic) bond motifs is 1. The second-order valence-corrected chi connectivity index (χ2v) is 7.56. The third-order valence-electron chi connectivity index (χ3n) is 5.37. The van der Waals surface area contributed by atoms with E-state index in [1.807, 2.05) is 18.3 Å². The smallest absolute Gasteiger partial charge is 0.0737 e. The number of nitrogens with two attached hydrogens (primary N) is 1. The number of nitrogens with zero attached hydrogens (tertiary/aromatic N) is 2. The number of anilines is 1. The third kappa shape index (κ3) is 3.55. The minimum atomic E-state index is 0.197. The molecule has 2 atom stereocenters. The number of hydrogen-bond donors (Lipinski definition) is 1. The lowest BCUT2D eigenvalue weighted by Crippen LogP contribution is -2.49. The van der Waals surface area contributed by atoms with E-state index in [-0.39, 0.29) is 6.04 Å². The van der Waals surface area contributed by atoms with Crippen molar-refractivity contribution >= 4 is 28.2 Å². The summed E-state index contributed by atoms with van der Waals surface area (Å²) in [6.07, 6.45) is 6.55. The van der Waals surface area contributed by atoms with Gasteiger partial charge in [0.15, 0.2) is 0 Å². The van der Waals surface area contributed by atoms with Gasteiger partial charge in [-0.25, -0.2) is 0 Å². The standard InChI is InChI=1S/C22H24ClN3/c23-17-10-11-18-20(14-17)25-13-12-21(18)26(15-16-6-2-1-3-7-16)22-9-5-4-8-19(22)24/h1-3,6-7,10-14,19,22H,4-5,8-9,15,24H2/t19-,22-/m0/s1. The van der Waals surface area contributed by atoms with Crippen LogP contribution in [-0.4, -0.2) is 17.1 Å². The summed E-state index contributed by atoms with van der Waals surface area (Å²) in [7, 11) is 0. The molecule has 3 aromatic rings. The van der Waals surface area contributed by atoms with Gasteiger partial charge in [0.05, 0.1) is 5.52 Å². The molecule has 1 aromatic heterocycles. The van der Waals surface area contributed by atoms with Crippen LogP contribution in [0.4, 0.5) is 5.69 Å². The van der Waals surface area contributed by atoms with Crippen molar-refractivity contribution in [2.75, 3.05) is 4.90 Å². The summed E-state index contributed by atoms with van der Waals surface area (Å²) in [5.41, 5.74) is 9.98. The Bertz CT molecular complexity index is 881. The zero-order chi connectivity index (χ0) is 17.9. The number of aromatic nitrogens is 1. The molecule has 1 fully saturated rings. The Balaban J connectivity index is 1.79. The van der Waals surface area contributed by atoms with Crippen LogP contribution in [0.25, 0.3) is 10.9 Å². The van der Waals surface area contributed by atoms with Crippen molar-refractivity contribution in [2.45, 2.75) is 44.3 Å². The highest BCUT2D eigenvalue weighted by Crippen LogP contribution is 2.33. The first-order chi connectivity index (χ1) is 12.7. The van der Waals surface area contributed by atoms with Crippen LogP contribution in [0.1, 0.15) is 31.2 Å². The van der Waals surface area contributed by atoms with Crippen molar-refractivity contribution in [3.63, 3.8) is 0 Å². The van der Waals surface area contributed by atoms with Crippen molar-refractivity contribution in [1.82, 2.24) is 4.98 Å². The number of hydrogen-bond acceptors (Lipinski definition) is 3. The van der Waals surface area contributed by atoms with Crippen molar-refractivity contribution in [3.05, 3.63) is 71.4 Å². The highest BCUT2D eigenvalue weighted by atomic mass is 35.5. The molecule has 1 heterocycles. The lowest BCUT2D eigenvalue weighted by atomic mass is 9.89. The van der Waals surface area contributed by atoms with E-state index in [4.69, 9.17) is 17.3 Å². The molecular weight excluding hydrogens is 342 g/mol. The summed E-state index contributed by atoms with van der Waals surface area (Å²) in [6.45, 7) is 0.848. The van der Waals surface area contributed by atoms with Gasteiger partial charge in [0.2, 0.25) is 0 Å². The molecule has 2 aromatic carbocycles. The number of pyridine rings is 1. The molecule has 0 saturated heterocycles. The molecular formula is C22H24ClN3. The predicted octanol–water partition coefficient (Wildman–Crippen LogP) is 5.16. The normalized spacial score (nSPS) is 20.2. The quantitative estimate of drug-likeness (QED) is 0.693. The molecule has 0 aliphatic heterocycles. The van der Waals surface area contributed by atoms with Crippen LogP contribution in [-0.2, 0) is 6.54 Å². The minimum absolute atomic E-state index is 0.197. The van der Waals surface area contributed by atoms with Gasteiger partial charge < -0.3 is 10.6 Å². The molecule has 0 amide bonds. The van der Waals surface area contributed by atoms with Crippen LogP contribution in [0.15, 0.2) is 60.8 Å². The van der Waals surface area contributed by atoms with Gasteiger partial charge in [0.25, 0.3) is 0 Å². The van der Waals surface area contributed by atoms with Crippen LogP contribution in [0.5, 0.6) is 0 Å². The zero-order valence-electron chi connectivity index (χ0n) is 14.8. The van der Waals surface area contributed by atoms with Crippen molar-refractivity contribution < 1.29 is 0 Å². The molecule has 1 aliphatic rings. The number of halogens is 1. The topological polar surface area (TPSA) is 42.1 Å². The van der Waals surface area contributed by atoms with Gasteiger partial charge in [0, 0.05) is 40.9 Å². The zero-order valence-corrected chi connectivity index (χ0v) is 15.6. The summed E-state index contributed by atoms with van der Waals surface area (Å²) >= 11 is 6.18. The fraction of sp³-hybridized carbons (Fsp3) is 0.318. The Morgan fingerprint density at radius 2 is 1.85 bits per heavy atom. The van der Waals surface area contributed by atoms with Gasteiger partial charge in [-0.3, -0.25) is 4.98 Å². The molecule has 1 aliphatic carbocycles. The predicted molar refractivity (Wildman–Crippen MR) is 110 cm³/mol. The van der Waals surface area contributed by atoms with E-state index in [9.17, 15) is 0 Å². The Hall–Kier alpha value is -2.10. The SMILES string of the molecule is N[C@H]1CCCC[C@@H]1N(Cc1ccccc1)c1ccnc2cc(Cl)ccc12. The van der Waals surface area contributed by atoms with Crippen molar-refractivity contribution in [1.29, 1.82) is 0 Å². The molecule has 26 heavy (non-hydrogen) atoms. The Morgan fingerprint density at radius 3 is 2.65 bits per heavy atom. The van der Waals surface area contributed by atoms with E-state index in [2.05, 4.69) is 52.3 Å². The first kappa shape index (κ1) is 17.3. The third-order valence-corrected chi connectivity index (χ3v) is 5.60. The monoisotopic (exact) mass is 365 g/mol. The van der Waals surface area contributed by atoms with E-state index >= 15 is 0 Å². The average Bonchev–Trinajstić information content (AvgIpc) is 2.67. The maximum atomic E-state index is 6.56. The van der Waals surface area contributed by atoms with Crippen LogP contribution in [0.2, 0.25) is 5.02 Å². The van der Waals surface area contributed by atoms with Gasteiger partial charge in [-0.15, -0.1) is 0 Å². The fourth-order valence-corrected chi connectivity index (χ4v) is 4.21. The Labute approximate surface area is 159 Å². The lowest BCUT2D eigenvalue weighted by Gasteiger charge is -2.40. The lowest BCUT2D eigenvalue weighted by molar-refractivity contribution is 0.362. The molecule has 2 N–H and O–H groups in total. The highest BCUT2D eigenvalue weighted by molar-refractivity contribution is 6.31. The average molecular weight is 366 g/mol. The van der Waals surface area contributed by atoms with E-state index in [1.165, 1.54) is 24.1 Å². The van der Waals surface area contributed by atoms with E-state index < -0.39 is 0 Å². The van der Waals surface area contributed by atoms with Gasteiger partial charge in [0.1, 0.15) is 0 Å². The molecule has 1 saturated carbocycles. The van der Waals surface area contributed by atoms with E-state index in [0.29, 0.717) is 11.1 Å². The van der Waals surface area contributed by atoms with Crippen molar-refractivity contribution in [3.8, 4) is 0 Å². The minimum Gasteiger partial charge on any atom is -0.362 e. The maximum absolute atomic E-state index is 6.56. The second-order valence-electron chi connectivity index (χ2n) is 7.12. The fourth-order valence-electron chi connectivity index (χ4n) is 4.04. The van der Waals surface area contributed by atoms with E-state index in [1.54, 1.807) is 0 Å². The summed E-state index contributed by atoms with van der Waals surface area (Å²) in [5, 5.41) is 1.84. The highest BCUT2D eigenvalue weighted by Gasteiger charge is 2.29. The molecule has 4 heteroatoms. The molecule has 4 rings (SSSR count). The first-order valence-electron chi connectivity index (χ1n) is 9.33. The molecule has 3 nitrogen and oxygen atoms in total. The van der Waals surface area contributed by atoms with Gasteiger partial charge in [-0.2, -0.15) is 0 Å². The molecule has 134 valence electrons. The Morgan fingerprint density at radius 1 is 1.04 bits per heavy atom. The van der Waals surface area contributed by atoms with Crippen LogP contribution in [0, 0.1) is 0 Å². The number of benzene rings is 2. The second kappa shape index (κ2) is 7.65.